The van der Waals surface area contributed by atoms with Crippen LogP contribution in [0.15, 0.2) is 29.1 Å². The maximum absolute atomic E-state index is 12.9. The molecular formula is C20H22N4O3S. The van der Waals surface area contributed by atoms with Crippen LogP contribution in [0.3, 0.4) is 0 Å². The van der Waals surface area contributed by atoms with Crippen LogP contribution < -0.4 is 10.9 Å². The predicted molar refractivity (Wildman–Crippen MR) is 110 cm³/mol. The van der Waals surface area contributed by atoms with Crippen molar-refractivity contribution in [1.29, 1.82) is 0 Å². The van der Waals surface area contributed by atoms with Gasteiger partial charge in [-0.15, -0.1) is 0 Å². The Morgan fingerprint density at radius 3 is 2.54 bits per heavy atom. The summed E-state index contributed by atoms with van der Waals surface area (Å²) in [5, 5.41) is 8.34. The van der Waals surface area contributed by atoms with E-state index in [1.54, 1.807) is 31.2 Å². The van der Waals surface area contributed by atoms with Crippen molar-refractivity contribution in [3.05, 3.63) is 50.9 Å². The fourth-order valence-electron chi connectivity index (χ4n) is 3.00. The Balaban J connectivity index is 1.99. The zero-order valence-corrected chi connectivity index (χ0v) is 16.9. The van der Waals surface area contributed by atoms with Crippen LogP contribution in [-0.4, -0.2) is 26.5 Å². The number of nitrogens with one attached hydrogen (secondary N) is 1. The number of fused-ring (bicyclic) bond motifs is 1. The van der Waals surface area contributed by atoms with E-state index < -0.39 is 5.91 Å². The highest BCUT2D eigenvalue weighted by Crippen LogP contribution is 2.24. The largest absolute Gasteiger partial charge is 0.296 e. The first kappa shape index (κ1) is 19.9. The number of nitrogens with zero attached hydrogens (tertiary/aromatic N) is 3. The van der Waals surface area contributed by atoms with E-state index in [1.165, 1.54) is 11.6 Å². The van der Waals surface area contributed by atoms with Crippen molar-refractivity contribution in [3.63, 3.8) is 0 Å². The monoisotopic (exact) mass is 398 g/mol. The van der Waals surface area contributed by atoms with Gasteiger partial charge in [0.05, 0.1) is 16.0 Å². The van der Waals surface area contributed by atoms with E-state index in [0.717, 1.165) is 30.6 Å². The quantitative estimate of drug-likeness (QED) is 0.482. The summed E-state index contributed by atoms with van der Waals surface area (Å²) in [6.45, 7) is 5.74. The molecule has 0 aliphatic heterocycles. The molecule has 8 heteroatoms. The number of benzene rings is 1. The fourth-order valence-corrected chi connectivity index (χ4v) is 3.86. The Labute approximate surface area is 166 Å². The zero-order valence-electron chi connectivity index (χ0n) is 16.1. The summed E-state index contributed by atoms with van der Waals surface area (Å²) in [5.74, 6) is -0.548. The van der Waals surface area contributed by atoms with Gasteiger partial charge in [0.15, 0.2) is 16.6 Å². The lowest BCUT2D eigenvalue weighted by Gasteiger charge is -2.10. The molecule has 2 heterocycles. The second-order valence-electron chi connectivity index (χ2n) is 6.57. The van der Waals surface area contributed by atoms with Gasteiger partial charge in [0.25, 0.3) is 11.5 Å². The highest BCUT2D eigenvalue weighted by Gasteiger charge is 2.19. The maximum Gasteiger partial charge on any atom is 0.278 e. The highest BCUT2D eigenvalue weighted by atomic mass is 32.1. The summed E-state index contributed by atoms with van der Waals surface area (Å²) in [5.41, 5.74) is 0.547. The van der Waals surface area contributed by atoms with Crippen molar-refractivity contribution in [2.24, 2.45) is 0 Å². The minimum Gasteiger partial charge on any atom is -0.296 e. The normalized spacial score (nSPS) is 11.0. The van der Waals surface area contributed by atoms with Gasteiger partial charge in [-0.3, -0.25) is 19.7 Å². The van der Waals surface area contributed by atoms with Crippen LogP contribution in [0.2, 0.25) is 0 Å². The molecular weight excluding hydrogens is 376 g/mol. The molecule has 1 aromatic carbocycles. The second-order valence-corrected chi connectivity index (χ2v) is 7.57. The molecule has 0 spiro atoms. The number of hydrogen-bond acceptors (Lipinski definition) is 6. The molecule has 28 heavy (non-hydrogen) atoms. The van der Waals surface area contributed by atoms with Crippen LogP contribution in [0, 0.1) is 6.92 Å². The van der Waals surface area contributed by atoms with Crippen molar-refractivity contribution in [2.75, 3.05) is 5.32 Å². The number of carbonyl (C=O) groups is 2. The summed E-state index contributed by atoms with van der Waals surface area (Å²) in [6.07, 6.45) is 2.82. The van der Waals surface area contributed by atoms with E-state index in [-0.39, 0.29) is 17.0 Å². The molecule has 0 saturated carbocycles. The minimum atomic E-state index is -0.454. The van der Waals surface area contributed by atoms with Gasteiger partial charge in [-0.2, -0.15) is 5.10 Å². The molecule has 3 rings (SSSR count). The van der Waals surface area contributed by atoms with Crippen molar-refractivity contribution in [3.8, 4) is 0 Å². The predicted octanol–water partition coefficient (Wildman–Crippen LogP) is 3.81. The Bertz CT molecular complexity index is 1100. The number of anilines is 1. The van der Waals surface area contributed by atoms with Gasteiger partial charge in [0.2, 0.25) is 0 Å². The van der Waals surface area contributed by atoms with E-state index in [1.807, 2.05) is 0 Å². The van der Waals surface area contributed by atoms with Crippen molar-refractivity contribution >= 4 is 38.9 Å². The smallest absolute Gasteiger partial charge is 0.278 e. The number of unbranched alkanes of at least 4 members (excludes halogenated alkanes) is 2. The SMILES string of the molecule is CCCCCn1nc(C(=O)Nc2nc(C)c(C(C)=O)s2)c2ccccc2c1=O. The zero-order chi connectivity index (χ0) is 20.3. The van der Waals surface area contributed by atoms with Crippen molar-refractivity contribution in [2.45, 2.75) is 46.6 Å². The molecule has 146 valence electrons. The minimum absolute atomic E-state index is 0.0939. The number of amides is 1. The summed E-state index contributed by atoms with van der Waals surface area (Å²) in [6, 6.07) is 6.95. The number of carbonyl (C=O) groups excluding carboxylic acids is 2. The van der Waals surface area contributed by atoms with Crippen LogP contribution in [0.5, 0.6) is 0 Å². The summed E-state index contributed by atoms with van der Waals surface area (Å²) in [4.78, 5) is 42.0. The summed E-state index contributed by atoms with van der Waals surface area (Å²) < 4.78 is 1.36. The molecule has 0 aliphatic carbocycles. The third-order valence-electron chi connectivity index (χ3n) is 4.39. The first-order valence-corrected chi connectivity index (χ1v) is 10.0. The van der Waals surface area contributed by atoms with Crippen LogP contribution >= 0.6 is 11.3 Å². The molecule has 0 unspecified atom stereocenters. The topological polar surface area (TPSA) is 93.9 Å². The molecule has 1 amide bonds. The average molecular weight is 398 g/mol. The Hall–Kier alpha value is -2.87. The van der Waals surface area contributed by atoms with Gasteiger partial charge in [-0.1, -0.05) is 49.3 Å². The van der Waals surface area contributed by atoms with Crippen LogP contribution in [0.25, 0.3) is 10.8 Å². The third-order valence-corrected chi connectivity index (χ3v) is 5.57. The number of ketones is 1. The Morgan fingerprint density at radius 2 is 1.89 bits per heavy atom. The van der Waals surface area contributed by atoms with E-state index in [0.29, 0.717) is 33.0 Å². The third kappa shape index (κ3) is 4.01. The number of aromatic nitrogens is 3. The first-order chi connectivity index (χ1) is 13.4. The Kier molecular flexibility index (Phi) is 5.99. The number of Topliss-reactive ketones (excluding diaryl/α,β-unsaturated/α-hetero) is 1. The molecule has 3 aromatic rings. The van der Waals surface area contributed by atoms with Gasteiger partial charge in [0.1, 0.15) is 0 Å². The van der Waals surface area contributed by atoms with Gasteiger partial charge in [-0.05, 0) is 19.4 Å². The maximum atomic E-state index is 12.9. The first-order valence-electron chi connectivity index (χ1n) is 9.22. The molecule has 0 fully saturated rings. The standard InChI is InChI=1S/C20H22N4O3S/c1-4-5-8-11-24-19(27)15-10-7-6-9-14(15)16(23-24)18(26)22-20-21-12(2)17(28-20)13(3)25/h6-7,9-10H,4-5,8,11H2,1-3H3,(H,21,22,26). The van der Waals surface area contributed by atoms with Crippen LogP contribution in [0.4, 0.5) is 5.13 Å². The van der Waals surface area contributed by atoms with Gasteiger partial charge in [0, 0.05) is 18.9 Å². The van der Waals surface area contributed by atoms with E-state index in [2.05, 4.69) is 22.3 Å². The molecule has 0 radical (unpaired) electrons. The molecule has 0 atom stereocenters. The number of rotatable bonds is 7. The molecule has 1 N–H and O–H groups in total. The van der Waals surface area contributed by atoms with Gasteiger partial charge >= 0.3 is 0 Å². The molecule has 0 bridgehead atoms. The Morgan fingerprint density at radius 1 is 1.18 bits per heavy atom. The second kappa shape index (κ2) is 8.43. The van der Waals surface area contributed by atoms with Crippen LogP contribution in [0.1, 0.15) is 59.0 Å². The molecule has 0 aliphatic rings. The summed E-state index contributed by atoms with van der Waals surface area (Å²) in [7, 11) is 0. The van der Waals surface area contributed by atoms with E-state index >= 15 is 0 Å². The fraction of sp³-hybridized carbons (Fsp3) is 0.350. The lowest BCUT2D eigenvalue weighted by molar-refractivity contribution is 0.101. The van der Waals surface area contributed by atoms with E-state index in [4.69, 9.17) is 0 Å². The molecule has 0 saturated heterocycles. The molecule has 7 nitrogen and oxygen atoms in total. The van der Waals surface area contributed by atoms with Gasteiger partial charge in [-0.25, -0.2) is 9.67 Å². The average Bonchev–Trinajstić information content (AvgIpc) is 3.04. The summed E-state index contributed by atoms with van der Waals surface area (Å²) >= 11 is 1.13. The van der Waals surface area contributed by atoms with Crippen molar-refractivity contribution < 1.29 is 9.59 Å². The van der Waals surface area contributed by atoms with Crippen molar-refractivity contribution in [1.82, 2.24) is 14.8 Å². The number of aryl methyl sites for hydroxylation is 2. The molecule has 2 aromatic heterocycles. The lowest BCUT2D eigenvalue weighted by atomic mass is 10.1. The van der Waals surface area contributed by atoms with E-state index in [9.17, 15) is 14.4 Å². The van der Waals surface area contributed by atoms with Crippen LogP contribution in [-0.2, 0) is 6.54 Å². The number of thiazole rings is 1. The lowest BCUT2D eigenvalue weighted by Crippen LogP contribution is -2.27. The number of hydrogen-bond donors (Lipinski definition) is 1. The van der Waals surface area contributed by atoms with Gasteiger partial charge < -0.3 is 0 Å². The highest BCUT2D eigenvalue weighted by molar-refractivity contribution is 7.17.